The molecule has 8 nitrogen and oxygen atoms in total. The van der Waals surface area contributed by atoms with Gasteiger partial charge < -0.3 is 24.5 Å². The highest BCUT2D eigenvalue weighted by atomic mass is 16.5. The lowest BCUT2D eigenvalue weighted by molar-refractivity contribution is 0.351. The first-order chi connectivity index (χ1) is 14.4. The molecule has 0 spiro atoms. The topological polar surface area (TPSA) is 114 Å². The summed E-state index contributed by atoms with van der Waals surface area (Å²) in [5.74, 6) is -0.518. The van der Waals surface area contributed by atoms with Crippen molar-refractivity contribution >= 4 is 33.1 Å². The molecule has 5 rings (SSSR count). The Morgan fingerprint density at radius 1 is 1.17 bits per heavy atom. The average Bonchev–Trinajstić information content (AvgIpc) is 3.28. The monoisotopic (exact) mass is 405 g/mol. The molecule has 0 aliphatic heterocycles. The molecule has 152 valence electrons. The quantitative estimate of drug-likeness (QED) is 0.386. The van der Waals surface area contributed by atoms with E-state index in [0.717, 1.165) is 10.8 Å². The van der Waals surface area contributed by atoms with Gasteiger partial charge in [-0.05, 0) is 43.7 Å². The van der Waals surface area contributed by atoms with E-state index in [1.54, 1.807) is 12.1 Å². The minimum absolute atomic E-state index is 0.120. The zero-order chi connectivity index (χ0) is 21.2. The van der Waals surface area contributed by atoms with Crippen molar-refractivity contribution in [2.24, 2.45) is 0 Å². The van der Waals surface area contributed by atoms with Crippen molar-refractivity contribution in [3.63, 3.8) is 0 Å². The van der Waals surface area contributed by atoms with Gasteiger partial charge in [0.05, 0.1) is 7.11 Å². The summed E-state index contributed by atoms with van der Waals surface area (Å²) in [6.45, 7) is 4.07. The van der Waals surface area contributed by atoms with Crippen molar-refractivity contribution in [2.45, 2.75) is 19.9 Å². The maximum atomic E-state index is 11.8. The van der Waals surface area contributed by atoms with Gasteiger partial charge in [-0.25, -0.2) is 4.98 Å². The summed E-state index contributed by atoms with van der Waals surface area (Å²) in [7, 11) is 1.41. The molecule has 0 amide bonds. The summed E-state index contributed by atoms with van der Waals surface area (Å²) >= 11 is 0. The van der Waals surface area contributed by atoms with E-state index in [4.69, 9.17) is 14.1 Å². The third-order valence-electron chi connectivity index (χ3n) is 5.25. The molecule has 3 aromatic heterocycles. The summed E-state index contributed by atoms with van der Waals surface area (Å²) in [5.41, 5.74) is 3.32. The summed E-state index contributed by atoms with van der Waals surface area (Å²) in [5, 5.41) is 25.0. The molecule has 30 heavy (non-hydrogen) atoms. The highest BCUT2D eigenvalue weighted by Gasteiger charge is 2.22. The Morgan fingerprint density at radius 3 is 2.70 bits per heavy atom. The number of rotatable bonds is 3. The smallest absolute Gasteiger partial charge is 0.200 e. The van der Waals surface area contributed by atoms with Crippen LogP contribution < -0.4 is 10.2 Å². The minimum atomic E-state index is -0.338. The van der Waals surface area contributed by atoms with Gasteiger partial charge in [0.15, 0.2) is 28.2 Å². The Kier molecular flexibility index (Phi) is 3.79. The van der Waals surface area contributed by atoms with E-state index in [-0.39, 0.29) is 28.7 Å². The number of aromatic nitrogens is 3. The first-order valence-corrected chi connectivity index (χ1v) is 9.45. The summed E-state index contributed by atoms with van der Waals surface area (Å²) in [6.07, 6.45) is 1.82. The number of H-pyrrole nitrogens is 1. The molecule has 8 heteroatoms. The molecule has 0 atom stereocenters. The van der Waals surface area contributed by atoms with Crippen LogP contribution in [-0.2, 0) is 0 Å². The molecular formula is C22H19N3O5. The molecule has 0 bridgehead atoms. The summed E-state index contributed by atoms with van der Waals surface area (Å²) < 4.78 is 13.2. The van der Waals surface area contributed by atoms with Crippen LogP contribution in [0.5, 0.6) is 17.2 Å². The van der Waals surface area contributed by atoms with E-state index in [1.165, 1.54) is 25.3 Å². The standard InChI is InChI=1S/C22H19N3O5/c1-10(2)25-22-14(9-23-25)18(11-6-15(27)20(28)17(7-11)29-3)21-19(24-22)13-5-4-12(26)8-16(13)30-21/h4-10,23,27-28H,1-3H3. The highest BCUT2D eigenvalue weighted by molar-refractivity contribution is 6.14. The number of methoxy groups -OCH3 is 1. The number of furan rings is 1. The number of nitrogens with zero attached hydrogens (tertiary/aromatic N) is 2. The predicted octanol–water partition coefficient (Wildman–Crippen LogP) is 4.29. The van der Waals surface area contributed by atoms with Crippen LogP contribution in [0.2, 0.25) is 0 Å². The number of aromatic hydroxyl groups is 2. The molecule has 0 unspecified atom stereocenters. The van der Waals surface area contributed by atoms with Crippen LogP contribution in [0.15, 0.2) is 45.7 Å². The average molecular weight is 405 g/mol. The lowest BCUT2D eigenvalue weighted by Crippen LogP contribution is -2.03. The fraction of sp³-hybridized carbons (Fsp3) is 0.182. The molecule has 0 aliphatic carbocycles. The van der Waals surface area contributed by atoms with E-state index < -0.39 is 0 Å². The zero-order valence-electron chi connectivity index (χ0n) is 16.6. The maximum Gasteiger partial charge on any atom is 0.200 e. The fourth-order valence-electron chi connectivity index (χ4n) is 3.83. The Balaban J connectivity index is 1.99. The van der Waals surface area contributed by atoms with E-state index >= 15 is 0 Å². The van der Waals surface area contributed by atoms with Gasteiger partial charge in [-0.3, -0.25) is 9.48 Å². The van der Waals surface area contributed by atoms with Gasteiger partial charge in [0.25, 0.3) is 0 Å². The van der Waals surface area contributed by atoms with Crippen molar-refractivity contribution in [3.05, 3.63) is 46.8 Å². The van der Waals surface area contributed by atoms with E-state index in [1.807, 2.05) is 24.7 Å². The summed E-state index contributed by atoms with van der Waals surface area (Å²) in [4.78, 5) is 16.7. The van der Waals surface area contributed by atoms with Crippen molar-refractivity contribution in [1.82, 2.24) is 14.8 Å². The molecule has 0 saturated heterocycles. The number of aromatic amines is 1. The number of hydrogen-bond acceptors (Lipinski definition) is 6. The van der Waals surface area contributed by atoms with Crippen molar-refractivity contribution in [2.75, 3.05) is 7.11 Å². The highest BCUT2D eigenvalue weighted by Crippen LogP contribution is 2.44. The van der Waals surface area contributed by atoms with Gasteiger partial charge in [-0.2, -0.15) is 0 Å². The number of benzene rings is 2. The largest absolute Gasteiger partial charge is 0.504 e. The van der Waals surface area contributed by atoms with Crippen LogP contribution in [0.25, 0.3) is 44.2 Å². The van der Waals surface area contributed by atoms with Gasteiger partial charge in [0.2, 0.25) is 5.75 Å². The molecule has 0 fully saturated rings. The van der Waals surface area contributed by atoms with Crippen molar-refractivity contribution in [3.8, 4) is 28.4 Å². The molecule has 3 heterocycles. The van der Waals surface area contributed by atoms with Crippen LogP contribution in [-0.4, -0.2) is 32.1 Å². The predicted molar refractivity (Wildman–Crippen MR) is 113 cm³/mol. The second-order valence-electron chi connectivity index (χ2n) is 7.45. The molecule has 0 aliphatic rings. The second kappa shape index (κ2) is 6.28. The number of nitrogens with one attached hydrogen (secondary N) is 1. The third-order valence-corrected chi connectivity index (χ3v) is 5.25. The third kappa shape index (κ3) is 2.46. The number of ether oxygens (including phenoxy) is 1. The number of hydrogen-bond donors (Lipinski definition) is 3. The van der Waals surface area contributed by atoms with E-state index in [2.05, 4.69) is 5.10 Å². The van der Waals surface area contributed by atoms with Crippen molar-refractivity contribution < 1.29 is 19.4 Å². The Bertz CT molecular complexity index is 1510. The van der Waals surface area contributed by atoms with Crippen molar-refractivity contribution in [1.29, 1.82) is 0 Å². The number of phenolic OH excluding ortho intramolecular Hbond substituents is 2. The molecular weight excluding hydrogens is 386 g/mol. The fourth-order valence-corrected chi connectivity index (χ4v) is 3.83. The SMILES string of the molecule is COc1cc(-c2c3c[nH]n(C(C)C)c3nc3c2oc2cc(=O)ccc23)cc(O)c1O. The molecule has 5 aromatic rings. The van der Waals surface area contributed by atoms with Crippen LogP contribution in [0.4, 0.5) is 0 Å². The van der Waals surface area contributed by atoms with E-state index in [0.29, 0.717) is 33.5 Å². The van der Waals surface area contributed by atoms with Gasteiger partial charge in [0, 0.05) is 34.6 Å². The van der Waals surface area contributed by atoms with Crippen LogP contribution in [0, 0.1) is 0 Å². The molecule has 0 saturated carbocycles. The Hall–Kier alpha value is -3.94. The molecule has 3 N–H and O–H groups in total. The number of fused-ring (bicyclic) bond motifs is 4. The van der Waals surface area contributed by atoms with Gasteiger partial charge in [0.1, 0.15) is 11.1 Å². The maximum absolute atomic E-state index is 11.8. The van der Waals surface area contributed by atoms with Gasteiger partial charge in [-0.15, -0.1) is 0 Å². The number of phenols is 2. The van der Waals surface area contributed by atoms with Crippen LogP contribution in [0.3, 0.4) is 0 Å². The second-order valence-corrected chi connectivity index (χ2v) is 7.45. The van der Waals surface area contributed by atoms with E-state index in [9.17, 15) is 15.0 Å². The summed E-state index contributed by atoms with van der Waals surface area (Å²) in [6, 6.07) is 7.81. The first kappa shape index (κ1) is 18.1. The lowest BCUT2D eigenvalue weighted by atomic mass is 10.0. The molecule has 0 radical (unpaired) electrons. The van der Waals surface area contributed by atoms with Gasteiger partial charge in [-0.1, -0.05) is 0 Å². The molecule has 2 aromatic carbocycles. The normalized spacial score (nSPS) is 11.9. The van der Waals surface area contributed by atoms with Gasteiger partial charge >= 0.3 is 0 Å². The zero-order valence-corrected chi connectivity index (χ0v) is 16.6. The lowest BCUT2D eigenvalue weighted by Gasteiger charge is -2.11. The van der Waals surface area contributed by atoms with Crippen LogP contribution >= 0.6 is 0 Å². The van der Waals surface area contributed by atoms with Crippen LogP contribution in [0.1, 0.15) is 19.9 Å². The Labute approximate surface area is 169 Å². The first-order valence-electron chi connectivity index (χ1n) is 9.45. The number of pyridine rings is 1. The minimum Gasteiger partial charge on any atom is -0.504 e. The Morgan fingerprint density at radius 2 is 1.97 bits per heavy atom.